The molecule has 1 saturated heterocycles. The van der Waals surface area contributed by atoms with Crippen molar-refractivity contribution in [1.29, 1.82) is 5.26 Å². The number of carbonyl (C=O) groups excluding carboxylic acids is 1. The van der Waals surface area contributed by atoms with Crippen LogP contribution < -0.4 is 0 Å². The number of nitriles is 1. The number of hydrogen-bond acceptors (Lipinski definition) is 4. The molecule has 0 saturated carbocycles. The van der Waals surface area contributed by atoms with E-state index in [9.17, 15) is 10.1 Å². The zero-order valence-corrected chi connectivity index (χ0v) is 17.1. The van der Waals surface area contributed by atoms with Crippen LogP contribution in [0.5, 0.6) is 0 Å². The fraction of sp³-hybridized carbons (Fsp3) is 0.273. The Bertz CT molecular complexity index is 952. The molecule has 142 valence electrons. The molecule has 2 aliphatic rings. The van der Waals surface area contributed by atoms with Gasteiger partial charge in [-0.2, -0.15) is 5.26 Å². The molecule has 0 N–H and O–H groups in total. The number of thioether (sulfide) groups is 1. The molecule has 0 aromatic heterocycles. The Morgan fingerprint density at radius 3 is 2.57 bits per heavy atom. The van der Waals surface area contributed by atoms with Crippen molar-refractivity contribution in [1.82, 2.24) is 9.80 Å². The second-order valence-corrected chi connectivity index (χ2v) is 8.42. The molecule has 0 unspecified atom stereocenters. The van der Waals surface area contributed by atoms with E-state index in [1.165, 1.54) is 5.56 Å². The van der Waals surface area contributed by atoms with Gasteiger partial charge in [0.05, 0.1) is 29.2 Å². The van der Waals surface area contributed by atoms with Crippen molar-refractivity contribution in [2.45, 2.75) is 25.3 Å². The van der Waals surface area contributed by atoms with Crippen molar-refractivity contribution in [3.8, 4) is 6.07 Å². The van der Waals surface area contributed by atoms with Gasteiger partial charge in [-0.15, -0.1) is 0 Å². The molecule has 0 aliphatic carbocycles. The summed E-state index contributed by atoms with van der Waals surface area (Å²) in [5, 5.41) is 11.3. The Morgan fingerprint density at radius 2 is 1.89 bits per heavy atom. The topological polar surface area (TPSA) is 47.3 Å². The second kappa shape index (κ2) is 8.00. The predicted molar refractivity (Wildman–Crippen MR) is 112 cm³/mol. The number of allylic oxidation sites excluding steroid dienone is 1. The summed E-state index contributed by atoms with van der Waals surface area (Å²) in [5.41, 5.74) is 2.86. The minimum atomic E-state index is -0.202. The Morgan fingerprint density at radius 1 is 1.18 bits per heavy atom. The monoisotopic (exact) mass is 409 g/mol. The third-order valence-corrected chi connectivity index (χ3v) is 6.84. The third kappa shape index (κ3) is 3.56. The standard InChI is InChI=1S/C22H20ClN3OS/c1-15(16-5-3-2-4-6-16)25-13-26-21(27)11-19(17-7-9-18(23)10-8-17)20(12-24)22(26)28-14-25/h2-10,15,19H,11,13-14H2,1H3/t15-,19-/m0/s1. The molecule has 4 rings (SSSR count). The van der Waals surface area contributed by atoms with Crippen LogP contribution >= 0.6 is 23.4 Å². The highest BCUT2D eigenvalue weighted by molar-refractivity contribution is 8.03. The molecule has 2 aliphatic heterocycles. The maximum Gasteiger partial charge on any atom is 0.229 e. The summed E-state index contributed by atoms with van der Waals surface area (Å²) in [4.78, 5) is 17.0. The van der Waals surface area contributed by atoms with E-state index in [-0.39, 0.29) is 17.9 Å². The first kappa shape index (κ1) is 19.1. The number of carbonyl (C=O) groups is 1. The Balaban J connectivity index is 1.62. The molecular formula is C22H20ClN3OS. The van der Waals surface area contributed by atoms with Crippen molar-refractivity contribution in [3.63, 3.8) is 0 Å². The molecule has 2 aromatic carbocycles. The normalized spacial score (nSPS) is 21.2. The van der Waals surface area contributed by atoms with E-state index in [1.54, 1.807) is 16.7 Å². The Hall–Kier alpha value is -2.26. The van der Waals surface area contributed by atoms with Gasteiger partial charge in [0.1, 0.15) is 0 Å². The lowest BCUT2D eigenvalue weighted by Crippen LogP contribution is -2.47. The lowest BCUT2D eigenvalue weighted by atomic mass is 9.86. The van der Waals surface area contributed by atoms with E-state index in [0.29, 0.717) is 23.7 Å². The van der Waals surface area contributed by atoms with Crippen LogP contribution in [0.15, 0.2) is 65.2 Å². The van der Waals surface area contributed by atoms with Gasteiger partial charge in [0.2, 0.25) is 5.91 Å². The maximum absolute atomic E-state index is 13.0. The Kier molecular flexibility index (Phi) is 5.45. The first-order valence-corrected chi connectivity index (χ1v) is 10.6. The maximum atomic E-state index is 13.0. The van der Waals surface area contributed by atoms with Gasteiger partial charge in [0.15, 0.2) is 0 Å². The zero-order valence-electron chi connectivity index (χ0n) is 15.5. The average molecular weight is 410 g/mol. The van der Waals surface area contributed by atoms with Crippen LogP contribution in [0.2, 0.25) is 5.02 Å². The van der Waals surface area contributed by atoms with Gasteiger partial charge in [-0.05, 0) is 30.2 Å². The van der Waals surface area contributed by atoms with Crippen molar-refractivity contribution in [3.05, 3.63) is 81.3 Å². The van der Waals surface area contributed by atoms with Gasteiger partial charge < -0.3 is 0 Å². The van der Waals surface area contributed by atoms with Gasteiger partial charge in [-0.25, -0.2) is 0 Å². The van der Waals surface area contributed by atoms with Crippen molar-refractivity contribution in [2.24, 2.45) is 0 Å². The van der Waals surface area contributed by atoms with Crippen molar-refractivity contribution < 1.29 is 4.79 Å². The summed E-state index contributed by atoms with van der Waals surface area (Å²) >= 11 is 7.57. The highest BCUT2D eigenvalue weighted by Crippen LogP contribution is 2.43. The predicted octanol–water partition coefficient (Wildman–Crippen LogP) is 5.12. The molecule has 2 aromatic rings. The van der Waals surface area contributed by atoms with Gasteiger partial charge in [0, 0.05) is 23.4 Å². The van der Waals surface area contributed by atoms with E-state index in [0.717, 1.165) is 16.5 Å². The van der Waals surface area contributed by atoms with Crippen LogP contribution in [0.25, 0.3) is 0 Å². The first-order chi connectivity index (χ1) is 13.6. The summed E-state index contributed by atoms with van der Waals surface area (Å²) < 4.78 is 0. The fourth-order valence-electron chi connectivity index (χ4n) is 3.74. The molecule has 0 spiro atoms. The van der Waals surface area contributed by atoms with Crippen molar-refractivity contribution in [2.75, 3.05) is 12.5 Å². The fourth-order valence-corrected chi connectivity index (χ4v) is 5.12. The zero-order chi connectivity index (χ0) is 19.7. The molecule has 6 heteroatoms. The van der Waals surface area contributed by atoms with Crippen LogP contribution in [0.3, 0.4) is 0 Å². The molecule has 1 amide bonds. The van der Waals surface area contributed by atoms with Crippen molar-refractivity contribution >= 4 is 29.3 Å². The molecule has 4 nitrogen and oxygen atoms in total. The lowest BCUT2D eigenvalue weighted by Gasteiger charge is -2.43. The minimum absolute atomic E-state index is 0.0615. The summed E-state index contributed by atoms with van der Waals surface area (Å²) in [6.07, 6.45) is 0.308. The number of hydrogen-bond donors (Lipinski definition) is 0. The second-order valence-electron chi connectivity index (χ2n) is 7.05. The van der Waals surface area contributed by atoms with E-state index >= 15 is 0 Å². The average Bonchev–Trinajstić information content (AvgIpc) is 2.74. The number of fused-ring (bicyclic) bond motifs is 1. The van der Waals surface area contributed by atoms with Crippen LogP contribution in [0, 0.1) is 11.3 Å². The molecule has 0 radical (unpaired) electrons. The van der Waals surface area contributed by atoms with Crippen LogP contribution in [-0.4, -0.2) is 28.3 Å². The Labute approximate surface area is 174 Å². The lowest BCUT2D eigenvalue weighted by molar-refractivity contribution is -0.132. The van der Waals surface area contributed by atoms with E-state index in [4.69, 9.17) is 11.6 Å². The highest BCUT2D eigenvalue weighted by atomic mass is 35.5. The molecule has 28 heavy (non-hydrogen) atoms. The molecule has 2 atom stereocenters. The van der Waals surface area contributed by atoms with E-state index < -0.39 is 0 Å². The number of nitrogens with zero attached hydrogens (tertiary/aromatic N) is 3. The summed E-state index contributed by atoms with van der Waals surface area (Å²) in [7, 11) is 0. The van der Waals surface area contributed by atoms with Crippen LogP contribution in [0.1, 0.15) is 36.4 Å². The van der Waals surface area contributed by atoms with Gasteiger partial charge in [-0.1, -0.05) is 65.8 Å². The van der Waals surface area contributed by atoms with Gasteiger partial charge in [-0.3, -0.25) is 14.6 Å². The summed E-state index contributed by atoms with van der Waals surface area (Å²) in [6, 6.07) is 20.3. The van der Waals surface area contributed by atoms with Gasteiger partial charge >= 0.3 is 0 Å². The smallest absolute Gasteiger partial charge is 0.229 e. The largest absolute Gasteiger partial charge is 0.292 e. The van der Waals surface area contributed by atoms with Gasteiger partial charge in [0.25, 0.3) is 0 Å². The third-order valence-electron chi connectivity index (χ3n) is 5.42. The number of benzene rings is 2. The summed E-state index contributed by atoms with van der Waals surface area (Å²) in [5.74, 6) is 0.603. The van der Waals surface area contributed by atoms with E-state index in [1.807, 2.05) is 42.5 Å². The quantitative estimate of drug-likeness (QED) is 0.706. The first-order valence-electron chi connectivity index (χ1n) is 9.20. The molecule has 0 bridgehead atoms. The van der Waals surface area contributed by atoms with Crippen LogP contribution in [-0.2, 0) is 4.79 Å². The SMILES string of the molecule is C[C@@H](c1ccccc1)N1CSC2=C(C#N)[C@H](c3ccc(Cl)cc3)CC(=O)N2C1. The summed E-state index contributed by atoms with van der Waals surface area (Å²) in [6.45, 7) is 2.66. The minimum Gasteiger partial charge on any atom is -0.292 e. The number of rotatable bonds is 3. The molecule has 1 fully saturated rings. The molecule has 2 heterocycles. The molecular weight excluding hydrogens is 390 g/mol. The number of amides is 1. The number of halogens is 1. The van der Waals surface area contributed by atoms with Crippen LogP contribution in [0.4, 0.5) is 0 Å². The van der Waals surface area contributed by atoms with E-state index in [2.05, 4.69) is 30.0 Å². The highest BCUT2D eigenvalue weighted by Gasteiger charge is 2.39.